The first kappa shape index (κ1) is 20.2. The lowest BCUT2D eigenvalue weighted by Crippen LogP contribution is -2.23. The summed E-state index contributed by atoms with van der Waals surface area (Å²) < 4.78 is 11.1. The van der Waals surface area contributed by atoms with Gasteiger partial charge in [0, 0.05) is 18.7 Å². The van der Waals surface area contributed by atoms with Gasteiger partial charge in [-0.1, -0.05) is 18.2 Å². The van der Waals surface area contributed by atoms with Crippen molar-refractivity contribution in [1.82, 2.24) is 10.2 Å². The van der Waals surface area contributed by atoms with Crippen LogP contribution in [0.5, 0.6) is 11.5 Å². The third kappa shape index (κ3) is 5.49. The maximum atomic E-state index is 12.5. The van der Waals surface area contributed by atoms with E-state index in [-0.39, 0.29) is 12.0 Å². The Morgan fingerprint density at radius 3 is 2.36 bits per heavy atom. The Bertz CT molecular complexity index is 781. The van der Waals surface area contributed by atoms with Gasteiger partial charge in [-0.25, -0.2) is 0 Å². The lowest BCUT2D eigenvalue weighted by molar-refractivity contribution is 0.0951. The topological polar surface area (TPSA) is 50.8 Å². The average molecular weight is 383 g/mol. The fourth-order valence-corrected chi connectivity index (χ4v) is 3.42. The molecule has 150 valence electrons. The van der Waals surface area contributed by atoms with E-state index in [1.807, 2.05) is 56.3 Å². The number of amides is 1. The molecule has 1 amide bonds. The number of likely N-dealkylation sites (tertiary alicyclic amines) is 1. The zero-order valence-electron chi connectivity index (χ0n) is 17.0. The number of hydrogen-bond donors (Lipinski definition) is 1. The van der Waals surface area contributed by atoms with Crippen molar-refractivity contribution in [2.24, 2.45) is 0 Å². The van der Waals surface area contributed by atoms with Gasteiger partial charge in [-0.3, -0.25) is 9.69 Å². The van der Waals surface area contributed by atoms with E-state index >= 15 is 0 Å². The second-order valence-corrected chi connectivity index (χ2v) is 7.51. The van der Waals surface area contributed by atoms with Crippen LogP contribution < -0.4 is 14.8 Å². The fourth-order valence-electron chi connectivity index (χ4n) is 3.42. The molecule has 0 radical (unpaired) electrons. The molecule has 2 aromatic carbocycles. The van der Waals surface area contributed by atoms with E-state index in [0.29, 0.717) is 23.6 Å². The van der Waals surface area contributed by atoms with E-state index in [0.717, 1.165) is 12.1 Å². The summed E-state index contributed by atoms with van der Waals surface area (Å²) in [6.45, 7) is 7.70. The zero-order valence-corrected chi connectivity index (χ0v) is 17.0. The molecule has 1 fully saturated rings. The molecule has 2 aromatic rings. The van der Waals surface area contributed by atoms with Gasteiger partial charge in [0.05, 0.1) is 13.2 Å². The highest BCUT2D eigenvalue weighted by Gasteiger charge is 2.13. The molecule has 0 unspecified atom stereocenters. The van der Waals surface area contributed by atoms with Crippen LogP contribution in [0.2, 0.25) is 0 Å². The summed E-state index contributed by atoms with van der Waals surface area (Å²) in [6, 6.07) is 13.6. The lowest BCUT2D eigenvalue weighted by Gasteiger charge is -2.15. The molecule has 0 spiro atoms. The molecular weight excluding hydrogens is 352 g/mol. The second kappa shape index (κ2) is 9.60. The molecule has 0 aliphatic carbocycles. The number of carbonyl (C=O) groups is 1. The van der Waals surface area contributed by atoms with E-state index in [1.165, 1.54) is 31.5 Å². The van der Waals surface area contributed by atoms with Gasteiger partial charge in [0.15, 0.2) is 11.5 Å². The predicted molar refractivity (Wildman–Crippen MR) is 111 cm³/mol. The molecule has 1 heterocycles. The summed E-state index contributed by atoms with van der Waals surface area (Å²) >= 11 is 0. The summed E-state index contributed by atoms with van der Waals surface area (Å²) in [5.74, 6) is 1.31. The number of hydrogen-bond acceptors (Lipinski definition) is 4. The first-order chi connectivity index (χ1) is 13.5. The quantitative estimate of drug-likeness (QED) is 0.750. The molecule has 1 aliphatic rings. The van der Waals surface area contributed by atoms with Gasteiger partial charge >= 0.3 is 0 Å². The van der Waals surface area contributed by atoms with Crippen molar-refractivity contribution in [3.8, 4) is 11.5 Å². The van der Waals surface area contributed by atoms with Crippen LogP contribution in [0.1, 0.15) is 48.2 Å². The van der Waals surface area contributed by atoms with E-state index in [2.05, 4.69) is 10.2 Å². The predicted octanol–water partition coefficient (Wildman–Crippen LogP) is 4.01. The largest absolute Gasteiger partial charge is 0.493 e. The summed E-state index contributed by atoms with van der Waals surface area (Å²) in [5.41, 5.74) is 2.90. The van der Waals surface area contributed by atoms with Gasteiger partial charge in [0.1, 0.15) is 0 Å². The number of ether oxygens (including phenoxy) is 2. The van der Waals surface area contributed by atoms with Gasteiger partial charge in [0.2, 0.25) is 0 Å². The van der Waals surface area contributed by atoms with E-state index in [9.17, 15) is 4.79 Å². The minimum absolute atomic E-state index is 0.0748. The average Bonchev–Trinajstić information content (AvgIpc) is 3.20. The van der Waals surface area contributed by atoms with Crippen LogP contribution in [0.3, 0.4) is 0 Å². The van der Waals surface area contributed by atoms with Crippen molar-refractivity contribution in [3.63, 3.8) is 0 Å². The number of nitrogens with one attached hydrogen (secondary N) is 1. The highest BCUT2D eigenvalue weighted by Crippen LogP contribution is 2.29. The minimum atomic E-state index is -0.0748. The Morgan fingerprint density at radius 2 is 1.71 bits per heavy atom. The molecule has 1 aliphatic heterocycles. The smallest absolute Gasteiger partial charge is 0.251 e. The van der Waals surface area contributed by atoms with Gasteiger partial charge < -0.3 is 14.8 Å². The van der Waals surface area contributed by atoms with Gasteiger partial charge in [-0.15, -0.1) is 0 Å². The van der Waals surface area contributed by atoms with Crippen LogP contribution in [-0.2, 0) is 13.1 Å². The molecule has 0 saturated carbocycles. The van der Waals surface area contributed by atoms with Crippen LogP contribution in [0.15, 0.2) is 42.5 Å². The monoisotopic (exact) mass is 382 g/mol. The molecule has 1 N–H and O–H groups in total. The standard InChI is InChI=1S/C23H30N2O3/c1-17(2)28-21-11-8-19(14-22(21)27-3)15-24-23(26)20-9-6-18(7-10-20)16-25-12-4-5-13-25/h6-11,14,17H,4-5,12-13,15-16H2,1-3H3,(H,24,26). The number of methoxy groups -OCH3 is 1. The van der Waals surface area contributed by atoms with Crippen molar-refractivity contribution in [2.75, 3.05) is 20.2 Å². The van der Waals surface area contributed by atoms with Crippen LogP contribution in [0, 0.1) is 0 Å². The Kier molecular flexibility index (Phi) is 6.93. The molecule has 3 rings (SSSR count). The molecule has 0 aromatic heterocycles. The number of benzene rings is 2. The fraction of sp³-hybridized carbons (Fsp3) is 0.435. The molecule has 28 heavy (non-hydrogen) atoms. The number of carbonyl (C=O) groups excluding carboxylic acids is 1. The van der Waals surface area contributed by atoms with E-state index < -0.39 is 0 Å². The first-order valence-corrected chi connectivity index (χ1v) is 9.98. The molecule has 0 bridgehead atoms. The number of nitrogens with zero attached hydrogens (tertiary/aromatic N) is 1. The van der Waals surface area contributed by atoms with Crippen LogP contribution in [0.25, 0.3) is 0 Å². The molecular formula is C23H30N2O3. The molecule has 5 heteroatoms. The molecule has 1 saturated heterocycles. The van der Waals surface area contributed by atoms with Crippen molar-refractivity contribution >= 4 is 5.91 Å². The Hall–Kier alpha value is -2.53. The van der Waals surface area contributed by atoms with Gasteiger partial charge in [0.25, 0.3) is 5.91 Å². The van der Waals surface area contributed by atoms with Gasteiger partial charge in [-0.2, -0.15) is 0 Å². The van der Waals surface area contributed by atoms with Crippen LogP contribution in [0.4, 0.5) is 0 Å². The lowest BCUT2D eigenvalue weighted by atomic mass is 10.1. The number of rotatable bonds is 8. The summed E-state index contributed by atoms with van der Waals surface area (Å²) in [4.78, 5) is 14.9. The Balaban J connectivity index is 1.56. The summed E-state index contributed by atoms with van der Waals surface area (Å²) in [5, 5.41) is 2.97. The Morgan fingerprint density at radius 1 is 1.04 bits per heavy atom. The maximum Gasteiger partial charge on any atom is 0.251 e. The highest BCUT2D eigenvalue weighted by molar-refractivity contribution is 5.94. The Labute approximate surface area is 167 Å². The van der Waals surface area contributed by atoms with Crippen molar-refractivity contribution < 1.29 is 14.3 Å². The first-order valence-electron chi connectivity index (χ1n) is 9.98. The summed E-state index contributed by atoms with van der Waals surface area (Å²) in [7, 11) is 1.62. The SMILES string of the molecule is COc1cc(CNC(=O)c2ccc(CN3CCCC3)cc2)ccc1OC(C)C. The molecule has 0 atom stereocenters. The van der Waals surface area contributed by atoms with Crippen molar-refractivity contribution in [1.29, 1.82) is 0 Å². The van der Waals surface area contributed by atoms with Crippen LogP contribution in [-0.4, -0.2) is 37.1 Å². The van der Waals surface area contributed by atoms with Crippen molar-refractivity contribution in [3.05, 3.63) is 59.2 Å². The third-order valence-corrected chi connectivity index (χ3v) is 4.86. The van der Waals surface area contributed by atoms with Gasteiger partial charge in [-0.05, 0) is 75.2 Å². The normalized spacial score (nSPS) is 14.3. The van der Waals surface area contributed by atoms with E-state index in [1.54, 1.807) is 7.11 Å². The zero-order chi connectivity index (χ0) is 19.9. The molecule has 5 nitrogen and oxygen atoms in total. The highest BCUT2D eigenvalue weighted by atomic mass is 16.5. The third-order valence-electron chi connectivity index (χ3n) is 4.86. The van der Waals surface area contributed by atoms with E-state index in [4.69, 9.17) is 9.47 Å². The second-order valence-electron chi connectivity index (χ2n) is 7.51. The summed E-state index contributed by atoms with van der Waals surface area (Å²) in [6.07, 6.45) is 2.65. The van der Waals surface area contributed by atoms with Crippen LogP contribution >= 0.6 is 0 Å². The minimum Gasteiger partial charge on any atom is -0.493 e. The maximum absolute atomic E-state index is 12.5. The van der Waals surface area contributed by atoms with Crippen molar-refractivity contribution in [2.45, 2.75) is 45.9 Å².